The van der Waals surface area contributed by atoms with Crippen LogP contribution in [0.15, 0.2) is 54.9 Å². The van der Waals surface area contributed by atoms with Gasteiger partial charge in [0.05, 0.1) is 10.7 Å². The number of urea groups is 1. The molecule has 8 nitrogen and oxygen atoms in total. The van der Waals surface area contributed by atoms with Crippen LogP contribution < -0.4 is 15.5 Å². The first-order valence-electron chi connectivity index (χ1n) is 9.66. The third kappa shape index (κ3) is 4.77. The molecule has 154 valence electrons. The molecule has 0 spiro atoms. The number of hydrogen-bond donors (Lipinski definition) is 2. The molecule has 1 aliphatic heterocycles. The number of anilines is 4. The molecular weight excluding hydrogens is 402 g/mol. The number of amides is 2. The maximum Gasteiger partial charge on any atom is 0.322 e. The van der Waals surface area contributed by atoms with Gasteiger partial charge >= 0.3 is 6.03 Å². The number of halogens is 1. The molecule has 9 heteroatoms. The van der Waals surface area contributed by atoms with Gasteiger partial charge in [0.1, 0.15) is 0 Å². The van der Waals surface area contributed by atoms with E-state index >= 15 is 0 Å². The Morgan fingerprint density at radius 2 is 1.77 bits per heavy atom. The first kappa shape index (κ1) is 19.9. The number of rotatable bonds is 4. The standard InChI is InChI=1S/C21H22ClN7O/c1-15-2-3-17(22)18(14-15)25-21(30)29-12-10-28(11-13-29)20-5-4-19(26-27-20)24-16-6-8-23-9-7-16/h2-9,14H,10-13H2,1H3,(H,25,30)(H,23,24,26). The third-order valence-electron chi connectivity index (χ3n) is 4.86. The van der Waals surface area contributed by atoms with Gasteiger partial charge in [-0.2, -0.15) is 0 Å². The number of carbonyl (C=O) groups excluding carboxylic acids is 1. The van der Waals surface area contributed by atoms with Gasteiger partial charge in [-0.15, -0.1) is 10.2 Å². The fourth-order valence-electron chi connectivity index (χ4n) is 3.21. The molecule has 2 aromatic heterocycles. The van der Waals surface area contributed by atoms with Gasteiger partial charge in [0.2, 0.25) is 0 Å². The molecule has 0 bridgehead atoms. The second-order valence-electron chi connectivity index (χ2n) is 7.03. The van der Waals surface area contributed by atoms with Crippen molar-refractivity contribution in [2.24, 2.45) is 0 Å². The van der Waals surface area contributed by atoms with Crippen LogP contribution in [0.1, 0.15) is 5.56 Å². The van der Waals surface area contributed by atoms with Crippen LogP contribution in [0.3, 0.4) is 0 Å². The van der Waals surface area contributed by atoms with Gasteiger partial charge in [-0.05, 0) is 48.9 Å². The zero-order valence-electron chi connectivity index (χ0n) is 16.5. The molecule has 0 saturated carbocycles. The summed E-state index contributed by atoms with van der Waals surface area (Å²) >= 11 is 6.18. The molecule has 4 rings (SSSR count). The van der Waals surface area contributed by atoms with Gasteiger partial charge in [-0.1, -0.05) is 17.7 Å². The van der Waals surface area contributed by atoms with Crippen LogP contribution in [0, 0.1) is 6.92 Å². The second kappa shape index (κ2) is 8.96. The molecule has 1 fully saturated rings. The Balaban J connectivity index is 1.31. The van der Waals surface area contributed by atoms with Crippen molar-refractivity contribution in [2.45, 2.75) is 6.92 Å². The molecule has 2 amide bonds. The minimum atomic E-state index is -0.148. The van der Waals surface area contributed by atoms with Crippen molar-refractivity contribution in [3.8, 4) is 0 Å². The zero-order valence-corrected chi connectivity index (χ0v) is 17.3. The maximum atomic E-state index is 12.6. The highest BCUT2D eigenvalue weighted by Gasteiger charge is 2.22. The summed E-state index contributed by atoms with van der Waals surface area (Å²) < 4.78 is 0. The van der Waals surface area contributed by atoms with Gasteiger partial charge in [0.15, 0.2) is 11.6 Å². The molecule has 3 aromatic rings. The highest BCUT2D eigenvalue weighted by Crippen LogP contribution is 2.23. The number of hydrogen-bond acceptors (Lipinski definition) is 6. The monoisotopic (exact) mass is 423 g/mol. The van der Waals surface area contributed by atoms with E-state index in [1.165, 1.54) is 0 Å². The Bertz CT molecular complexity index is 1010. The summed E-state index contributed by atoms with van der Waals surface area (Å²) in [7, 11) is 0. The molecule has 30 heavy (non-hydrogen) atoms. The number of pyridine rings is 1. The van der Waals surface area contributed by atoms with E-state index in [-0.39, 0.29) is 6.03 Å². The van der Waals surface area contributed by atoms with Gasteiger partial charge in [-0.3, -0.25) is 4.98 Å². The molecule has 1 aliphatic rings. The van der Waals surface area contributed by atoms with E-state index in [0.717, 1.165) is 17.1 Å². The number of aromatic nitrogens is 3. The number of carbonyl (C=O) groups is 1. The van der Waals surface area contributed by atoms with Gasteiger partial charge in [-0.25, -0.2) is 4.79 Å². The van der Waals surface area contributed by atoms with Crippen LogP contribution in [0.4, 0.5) is 27.8 Å². The molecular formula is C21H22ClN7O. The Hall–Kier alpha value is -3.39. The average Bonchev–Trinajstić information content (AvgIpc) is 2.78. The lowest BCUT2D eigenvalue weighted by Gasteiger charge is -2.35. The zero-order chi connectivity index (χ0) is 20.9. The quantitative estimate of drug-likeness (QED) is 0.661. The molecule has 3 heterocycles. The first-order chi connectivity index (χ1) is 14.6. The van der Waals surface area contributed by atoms with Crippen LogP contribution in [0.5, 0.6) is 0 Å². The lowest BCUT2D eigenvalue weighted by molar-refractivity contribution is 0.208. The van der Waals surface area contributed by atoms with E-state index in [1.54, 1.807) is 23.4 Å². The first-order valence-corrected chi connectivity index (χ1v) is 10.0. The Labute approximate surface area is 179 Å². The summed E-state index contributed by atoms with van der Waals surface area (Å²) in [5, 5.41) is 15.2. The van der Waals surface area contributed by atoms with E-state index in [0.29, 0.717) is 42.7 Å². The minimum Gasteiger partial charge on any atom is -0.352 e. The smallest absolute Gasteiger partial charge is 0.322 e. The number of piperazine rings is 1. The summed E-state index contributed by atoms with van der Waals surface area (Å²) in [5.41, 5.74) is 2.58. The summed E-state index contributed by atoms with van der Waals surface area (Å²) in [4.78, 5) is 20.5. The summed E-state index contributed by atoms with van der Waals surface area (Å²) in [6, 6.07) is 13.0. The highest BCUT2D eigenvalue weighted by atomic mass is 35.5. The second-order valence-corrected chi connectivity index (χ2v) is 7.43. The number of nitrogens with one attached hydrogen (secondary N) is 2. The lowest BCUT2D eigenvalue weighted by Crippen LogP contribution is -2.50. The highest BCUT2D eigenvalue weighted by molar-refractivity contribution is 6.33. The van der Waals surface area contributed by atoms with Crippen molar-refractivity contribution in [2.75, 3.05) is 41.7 Å². The van der Waals surface area contributed by atoms with E-state index < -0.39 is 0 Å². The van der Waals surface area contributed by atoms with Crippen molar-refractivity contribution in [3.05, 3.63) is 65.4 Å². The summed E-state index contributed by atoms with van der Waals surface area (Å²) in [6.45, 7) is 4.51. The third-order valence-corrected chi connectivity index (χ3v) is 5.19. The lowest BCUT2D eigenvalue weighted by atomic mass is 10.2. The van der Waals surface area contributed by atoms with Crippen LogP contribution in [0.2, 0.25) is 5.02 Å². The Morgan fingerprint density at radius 3 is 2.47 bits per heavy atom. The van der Waals surface area contributed by atoms with E-state index in [2.05, 4.69) is 30.7 Å². The van der Waals surface area contributed by atoms with E-state index in [4.69, 9.17) is 11.6 Å². The molecule has 0 unspecified atom stereocenters. The summed E-state index contributed by atoms with van der Waals surface area (Å²) in [6.07, 6.45) is 3.43. The van der Waals surface area contributed by atoms with Crippen LogP contribution in [-0.2, 0) is 0 Å². The van der Waals surface area contributed by atoms with Gasteiger partial charge in [0, 0.05) is 44.3 Å². The van der Waals surface area contributed by atoms with Crippen molar-refractivity contribution in [1.29, 1.82) is 0 Å². The molecule has 0 aliphatic carbocycles. The largest absolute Gasteiger partial charge is 0.352 e. The van der Waals surface area contributed by atoms with Crippen molar-refractivity contribution < 1.29 is 4.79 Å². The van der Waals surface area contributed by atoms with Gasteiger partial charge < -0.3 is 20.4 Å². The minimum absolute atomic E-state index is 0.148. The van der Waals surface area contributed by atoms with Gasteiger partial charge in [0.25, 0.3) is 0 Å². The molecule has 2 N–H and O–H groups in total. The summed E-state index contributed by atoms with van der Waals surface area (Å²) in [5.74, 6) is 1.45. The number of benzene rings is 1. The van der Waals surface area contributed by atoms with Crippen LogP contribution >= 0.6 is 11.6 Å². The van der Waals surface area contributed by atoms with Crippen LogP contribution in [-0.4, -0.2) is 52.3 Å². The van der Waals surface area contributed by atoms with E-state index in [1.807, 2.05) is 43.3 Å². The van der Waals surface area contributed by atoms with Crippen molar-refractivity contribution >= 4 is 40.6 Å². The Morgan fingerprint density at radius 1 is 1.00 bits per heavy atom. The maximum absolute atomic E-state index is 12.6. The van der Waals surface area contributed by atoms with Crippen molar-refractivity contribution in [1.82, 2.24) is 20.1 Å². The molecule has 1 saturated heterocycles. The normalized spacial score (nSPS) is 13.8. The van der Waals surface area contributed by atoms with E-state index in [9.17, 15) is 4.79 Å². The fourth-order valence-corrected chi connectivity index (χ4v) is 3.38. The van der Waals surface area contributed by atoms with Crippen LogP contribution in [0.25, 0.3) is 0 Å². The van der Waals surface area contributed by atoms with Crippen molar-refractivity contribution in [3.63, 3.8) is 0 Å². The molecule has 1 aromatic carbocycles. The predicted molar refractivity (Wildman–Crippen MR) is 119 cm³/mol. The molecule has 0 radical (unpaired) electrons. The number of aryl methyl sites for hydroxylation is 1. The SMILES string of the molecule is Cc1ccc(Cl)c(NC(=O)N2CCN(c3ccc(Nc4ccncc4)nn3)CC2)c1. The average molecular weight is 424 g/mol. The molecule has 0 atom stereocenters. The topological polar surface area (TPSA) is 86.3 Å². The number of nitrogens with zero attached hydrogens (tertiary/aromatic N) is 5. The fraction of sp³-hybridized carbons (Fsp3) is 0.238. The predicted octanol–water partition coefficient (Wildman–Crippen LogP) is 3.93. The Kier molecular flexibility index (Phi) is 5.94.